The molecule has 1 saturated heterocycles. The summed E-state index contributed by atoms with van der Waals surface area (Å²) in [7, 11) is 0. The van der Waals surface area contributed by atoms with Gasteiger partial charge in [0, 0.05) is 12.1 Å². The number of aromatic nitrogens is 2. The first-order chi connectivity index (χ1) is 7.31. The van der Waals surface area contributed by atoms with Gasteiger partial charge < -0.3 is 5.32 Å². The molecule has 1 aliphatic rings. The van der Waals surface area contributed by atoms with E-state index in [0.29, 0.717) is 0 Å². The third-order valence-electron chi connectivity index (χ3n) is 3.14. The minimum absolute atomic E-state index is 0.801. The van der Waals surface area contributed by atoms with Crippen molar-refractivity contribution < 1.29 is 0 Å². The summed E-state index contributed by atoms with van der Waals surface area (Å²) in [6.07, 6.45) is 5.32. The van der Waals surface area contributed by atoms with Crippen molar-refractivity contribution in [2.75, 3.05) is 13.1 Å². The molecule has 84 valence electrons. The molecular weight excluding hydrogens is 210 g/mol. The lowest BCUT2D eigenvalue weighted by Gasteiger charge is -2.08. The van der Waals surface area contributed by atoms with Crippen LogP contribution in [0, 0.1) is 5.92 Å². The van der Waals surface area contributed by atoms with E-state index in [4.69, 9.17) is 11.6 Å². The van der Waals surface area contributed by atoms with Gasteiger partial charge in [-0.2, -0.15) is 5.10 Å². The smallest absolute Gasteiger partial charge is 0.130 e. The SMILES string of the molecule is CCc1cnn(CCC2CCNC2)c1Cl. The number of halogens is 1. The Hall–Kier alpha value is -0.540. The molecule has 0 amide bonds. The molecule has 0 spiro atoms. The molecule has 4 heteroatoms. The van der Waals surface area contributed by atoms with Crippen LogP contribution in [-0.4, -0.2) is 22.9 Å². The molecule has 0 radical (unpaired) electrons. The van der Waals surface area contributed by atoms with E-state index in [1.807, 2.05) is 10.9 Å². The Balaban J connectivity index is 1.89. The lowest BCUT2D eigenvalue weighted by atomic mass is 10.1. The van der Waals surface area contributed by atoms with Crippen molar-refractivity contribution >= 4 is 11.6 Å². The zero-order valence-electron chi connectivity index (χ0n) is 9.17. The van der Waals surface area contributed by atoms with Crippen molar-refractivity contribution in [3.63, 3.8) is 0 Å². The molecule has 0 saturated carbocycles. The van der Waals surface area contributed by atoms with Crippen LogP contribution >= 0.6 is 11.6 Å². The summed E-state index contributed by atoms with van der Waals surface area (Å²) in [6, 6.07) is 0. The van der Waals surface area contributed by atoms with Crippen LogP contribution in [-0.2, 0) is 13.0 Å². The molecule has 2 rings (SSSR count). The van der Waals surface area contributed by atoms with Crippen LogP contribution in [0.4, 0.5) is 0 Å². The fraction of sp³-hybridized carbons (Fsp3) is 0.727. The Labute approximate surface area is 95.8 Å². The molecule has 0 bridgehead atoms. The van der Waals surface area contributed by atoms with Crippen molar-refractivity contribution in [1.82, 2.24) is 15.1 Å². The maximum atomic E-state index is 6.19. The van der Waals surface area contributed by atoms with E-state index in [2.05, 4.69) is 17.3 Å². The van der Waals surface area contributed by atoms with E-state index in [-0.39, 0.29) is 0 Å². The van der Waals surface area contributed by atoms with Gasteiger partial charge in [0.1, 0.15) is 5.15 Å². The quantitative estimate of drug-likeness (QED) is 0.854. The molecule has 1 atom stereocenters. The highest BCUT2D eigenvalue weighted by Crippen LogP contribution is 2.19. The number of aryl methyl sites for hydroxylation is 2. The molecule has 1 N–H and O–H groups in total. The van der Waals surface area contributed by atoms with Gasteiger partial charge in [-0.15, -0.1) is 0 Å². The lowest BCUT2D eigenvalue weighted by Crippen LogP contribution is -2.11. The molecule has 1 aliphatic heterocycles. The molecule has 15 heavy (non-hydrogen) atoms. The maximum Gasteiger partial charge on any atom is 0.130 e. The fourth-order valence-electron chi connectivity index (χ4n) is 2.07. The Bertz CT molecular complexity index is 316. The van der Waals surface area contributed by atoms with Gasteiger partial charge in [0.05, 0.1) is 6.20 Å². The number of nitrogens with one attached hydrogen (secondary N) is 1. The van der Waals surface area contributed by atoms with Gasteiger partial charge in [-0.25, -0.2) is 0 Å². The summed E-state index contributed by atoms with van der Waals surface area (Å²) in [5.74, 6) is 0.801. The van der Waals surface area contributed by atoms with Crippen LogP contribution in [0.25, 0.3) is 0 Å². The summed E-state index contributed by atoms with van der Waals surface area (Å²) in [4.78, 5) is 0. The van der Waals surface area contributed by atoms with E-state index in [1.54, 1.807) is 0 Å². The minimum Gasteiger partial charge on any atom is -0.316 e. The summed E-state index contributed by atoms with van der Waals surface area (Å²) >= 11 is 6.19. The Morgan fingerprint density at radius 1 is 1.67 bits per heavy atom. The van der Waals surface area contributed by atoms with Gasteiger partial charge in [0.15, 0.2) is 0 Å². The average Bonchev–Trinajstić information content (AvgIpc) is 2.85. The number of hydrogen-bond acceptors (Lipinski definition) is 2. The van der Waals surface area contributed by atoms with Gasteiger partial charge >= 0.3 is 0 Å². The van der Waals surface area contributed by atoms with E-state index >= 15 is 0 Å². The van der Waals surface area contributed by atoms with Crippen LogP contribution in [0.2, 0.25) is 5.15 Å². The van der Waals surface area contributed by atoms with Gasteiger partial charge in [-0.3, -0.25) is 4.68 Å². The van der Waals surface area contributed by atoms with Gasteiger partial charge in [-0.05, 0) is 38.3 Å². The highest BCUT2D eigenvalue weighted by Gasteiger charge is 2.15. The second-order valence-corrected chi connectivity index (χ2v) is 4.54. The van der Waals surface area contributed by atoms with E-state index < -0.39 is 0 Å². The largest absolute Gasteiger partial charge is 0.316 e. The average molecular weight is 228 g/mol. The third-order valence-corrected chi connectivity index (χ3v) is 3.57. The molecular formula is C11H18ClN3. The van der Waals surface area contributed by atoms with Crippen molar-refractivity contribution in [3.05, 3.63) is 16.9 Å². The minimum atomic E-state index is 0.801. The first-order valence-electron chi connectivity index (χ1n) is 5.72. The van der Waals surface area contributed by atoms with Crippen molar-refractivity contribution in [2.45, 2.75) is 32.7 Å². The number of hydrogen-bond donors (Lipinski definition) is 1. The molecule has 1 unspecified atom stereocenters. The normalized spacial score (nSPS) is 21.1. The van der Waals surface area contributed by atoms with Gasteiger partial charge in [-0.1, -0.05) is 18.5 Å². The lowest BCUT2D eigenvalue weighted by molar-refractivity contribution is 0.458. The number of rotatable bonds is 4. The molecule has 3 nitrogen and oxygen atoms in total. The molecule has 1 aromatic rings. The predicted octanol–water partition coefficient (Wildman–Crippen LogP) is 2.10. The Morgan fingerprint density at radius 2 is 2.53 bits per heavy atom. The zero-order chi connectivity index (χ0) is 10.7. The van der Waals surface area contributed by atoms with Crippen LogP contribution in [0.3, 0.4) is 0 Å². The highest BCUT2D eigenvalue weighted by molar-refractivity contribution is 6.30. The maximum absolute atomic E-state index is 6.19. The monoisotopic (exact) mass is 227 g/mol. The Kier molecular flexibility index (Phi) is 3.65. The molecule has 0 aromatic carbocycles. The molecule has 1 fully saturated rings. The van der Waals surface area contributed by atoms with Gasteiger partial charge in [0.25, 0.3) is 0 Å². The van der Waals surface area contributed by atoms with Gasteiger partial charge in [0.2, 0.25) is 0 Å². The second-order valence-electron chi connectivity index (χ2n) is 4.18. The van der Waals surface area contributed by atoms with Crippen LogP contribution in [0.15, 0.2) is 6.20 Å². The topological polar surface area (TPSA) is 29.9 Å². The highest BCUT2D eigenvalue weighted by atomic mass is 35.5. The van der Waals surface area contributed by atoms with Crippen molar-refractivity contribution in [3.8, 4) is 0 Å². The summed E-state index contributed by atoms with van der Waals surface area (Å²) in [6.45, 7) is 5.37. The van der Waals surface area contributed by atoms with Crippen molar-refractivity contribution in [2.24, 2.45) is 5.92 Å². The van der Waals surface area contributed by atoms with E-state index in [9.17, 15) is 0 Å². The standard InChI is InChI=1S/C11H18ClN3/c1-2-10-8-14-15(11(10)12)6-4-9-3-5-13-7-9/h8-9,13H,2-7H2,1H3. The zero-order valence-corrected chi connectivity index (χ0v) is 9.93. The van der Waals surface area contributed by atoms with Crippen LogP contribution in [0.5, 0.6) is 0 Å². The Morgan fingerprint density at radius 3 is 3.13 bits per heavy atom. The molecule has 0 aliphatic carbocycles. The first-order valence-corrected chi connectivity index (χ1v) is 6.10. The summed E-state index contributed by atoms with van der Waals surface area (Å²) in [5, 5.41) is 8.51. The van der Waals surface area contributed by atoms with E-state index in [1.165, 1.54) is 12.8 Å². The number of nitrogens with zero attached hydrogens (tertiary/aromatic N) is 2. The van der Waals surface area contributed by atoms with E-state index in [0.717, 1.165) is 42.7 Å². The molecule has 2 heterocycles. The summed E-state index contributed by atoms with van der Waals surface area (Å²) < 4.78 is 1.93. The fourth-order valence-corrected chi connectivity index (χ4v) is 2.38. The second kappa shape index (κ2) is 4.99. The first kappa shape index (κ1) is 11.0. The van der Waals surface area contributed by atoms with Crippen LogP contribution < -0.4 is 5.32 Å². The summed E-state index contributed by atoms with van der Waals surface area (Å²) in [5.41, 5.74) is 1.15. The molecule has 1 aromatic heterocycles. The van der Waals surface area contributed by atoms with Crippen molar-refractivity contribution in [1.29, 1.82) is 0 Å². The third kappa shape index (κ3) is 2.52. The van der Waals surface area contributed by atoms with Crippen LogP contribution in [0.1, 0.15) is 25.3 Å². The predicted molar refractivity (Wildman–Crippen MR) is 62.2 cm³/mol.